The molecule has 4 heterocycles. The predicted molar refractivity (Wildman–Crippen MR) is 112 cm³/mol. The molecule has 4 atom stereocenters. The molecule has 0 aliphatic carbocycles. The van der Waals surface area contributed by atoms with Gasteiger partial charge in [0.1, 0.15) is 0 Å². The number of anilines is 1. The van der Waals surface area contributed by atoms with Crippen LogP contribution in [-0.2, 0) is 4.74 Å². The van der Waals surface area contributed by atoms with Crippen molar-refractivity contribution in [1.82, 2.24) is 15.1 Å². The van der Waals surface area contributed by atoms with Crippen LogP contribution < -0.4 is 10.6 Å². The standard InChI is InChI=1S/C22H32N4O3/c1-16(27)17-2-4-20(5-3-17)24-22(28)23-13-21-12-18-6-7-26(21)15-19(18)14-25-8-10-29-11-9-25/h2-5,18-19,21H,6-15H2,1H3,(H2,23,24,28). The molecule has 2 bridgehead atoms. The normalized spacial score (nSPS) is 29.4. The highest BCUT2D eigenvalue weighted by molar-refractivity contribution is 5.95. The van der Waals surface area contributed by atoms with Gasteiger partial charge < -0.3 is 15.4 Å². The molecule has 2 amide bonds. The van der Waals surface area contributed by atoms with Crippen LogP contribution in [0.15, 0.2) is 24.3 Å². The molecule has 4 saturated heterocycles. The highest BCUT2D eigenvalue weighted by Gasteiger charge is 2.40. The number of rotatable bonds is 6. The molecule has 0 spiro atoms. The lowest BCUT2D eigenvalue weighted by Crippen LogP contribution is -2.59. The maximum Gasteiger partial charge on any atom is 0.319 e. The molecule has 1 aromatic rings. The highest BCUT2D eigenvalue weighted by atomic mass is 16.5. The number of piperidine rings is 3. The van der Waals surface area contributed by atoms with E-state index in [9.17, 15) is 9.59 Å². The first-order valence-electron chi connectivity index (χ1n) is 10.8. The number of hydrogen-bond donors (Lipinski definition) is 2. The molecule has 0 radical (unpaired) electrons. The SMILES string of the molecule is CC(=O)c1ccc(NC(=O)NCC2CC3CCN2CC3CN2CCOCC2)cc1. The average molecular weight is 401 g/mol. The molecule has 0 saturated carbocycles. The van der Waals surface area contributed by atoms with Crippen molar-refractivity contribution in [1.29, 1.82) is 0 Å². The molecule has 0 aromatic heterocycles. The van der Waals surface area contributed by atoms with E-state index in [1.807, 2.05) is 0 Å². The van der Waals surface area contributed by atoms with Crippen LogP contribution in [0.1, 0.15) is 30.1 Å². The zero-order valence-corrected chi connectivity index (χ0v) is 17.2. The van der Waals surface area contributed by atoms with Crippen molar-refractivity contribution in [3.8, 4) is 0 Å². The Bertz CT molecular complexity index is 717. The van der Waals surface area contributed by atoms with E-state index in [0.29, 0.717) is 23.8 Å². The number of morpholine rings is 1. The van der Waals surface area contributed by atoms with Crippen molar-refractivity contribution in [2.45, 2.75) is 25.8 Å². The second kappa shape index (κ2) is 9.24. The number of urea groups is 1. The lowest BCUT2D eigenvalue weighted by molar-refractivity contribution is -0.0289. The molecule has 5 rings (SSSR count). The number of fused-ring (bicyclic) bond motifs is 3. The molecule has 7 nitrogen and oxygen atoms in total. The molecule has 4 aliphatic heterocycles. The summed E-state index contributed by atoms with van der Waals surface area (Å²) in [7, 11) is 0. The number of carbonyl (C=O) groups is 2. The van der Waals surface area contributed by atoms with Gasteiger partial charge in [-0.1, -0.05) is 0 Å². The van der Waals surface area contributed by atoms with Gasteiger partial charge in [-0.05, 0) is 62.4 Å². The van der Waals surface area contributed by atoms with Crippen molar-refractivity contribution in [3.63, 3.8) is 0 Å². The number of ether oxygens (including phenoxy) is 1. The second-order valence-corrected chi connectivity index (χ2v) is 8.57. The maximum atomic E-state index is 12.3. The van der Waals surface area contributed by atoms with Gasteiger partial charge in [-0.2, -0.15) is 0 Å². The zero-order valence-electron chi connectivity index (χ0n) is 17.2. The summed E-state index contributed by atoms with van der Waals surface area (Å²) in [5.41, 5.74) is 1.34. The Kier molecular flexibility index (Phi) is 6.47. The van der Waals surface area contributed by atoms with E-state index < -0.39 is 0 Å². The van der Waals surface area contributed by atoms with Gasteiger partial charge in [0.15, 0.2) is 5.78 Å². The van der Waals surface area contributed by atoms with Gasteiger partial charge in [-0.15, -0.1) is 0 Å². The number of ketones is 1. The van der Waals surface area contributed by atoms with Gasteiger partial charge in [-0.25, -0.2) is 4.79 Å². The number of hydrogen-bond acceptors (Lipinski definition) is 5. The third-order valence-corrected chi connectivity index (χ3v) is 6.66. The van der Waals surface area contributed by atoms with E-state index in [2.05, 4.69) is 20.4 Å². The predicted octanol–water partition coefficient (Wildman–Crippen LogP) is 2.05. The van der Waals surface area contributed by atoms with Gasteiger partial charge in [0.05, 0.1) is 13.2 Å². The molecule has 29 heavy (non-hydrogen) atoms. The largest absolute Gasteiger partial charge is 0.379 e. The summed E-state index contributed by atoms with van der Waals surface area (Å²) in [6.07, 6.45) is 2.45. The number of Topliss-reactive ketones (excluding diaryl/α,β-unsaturated/α-hetero) is 1. The lowest BCUT2D eigenvalue weighted by atomic mass is 9.75. The third-order valence-electron chi connectivity index (χ3n) is 6.66. The van der Waals surface area contributed by atoms with Crippen molar-refractivity contribution in [2.24, 2.45) is 11.8 Å². The van der Waals surface area contributed by atoms with E-state index in [0.717, 1.165) is 51.2 Å². The van der Waals surface area contributed by atoms with Crippen LogP contribution in [-0.4, -0.2) is 80.1 Å². The van der Waals surface area contributed by atoms with Crippen LogP contribution >= 0.6 is 0 Å². The first-order chi connectivity index (χ1) is 14.1. The van der Waals surface area contributed by atoms with Crippen molar-refractivity contribution >= 4 is 17.5 Å². The van der Waals surface area contributed by atoms with Gasteiger partial charge in [0, 0.05) is 50.0 Å². The van der Waals surface area contributed by atoms with Gasteiger partial charge >= 0.3 is 6.03 Å². The number of nitrogens with zero attached hydrogens (tertiary/aromatic N) is 2. The van der Waals surface area contributed by atoms with Crippen molar-refractivity contribution in [3.05, 3.63) is 29.8 Å². The summed E-state index contributed by atoms with van der Waals surface area (Å²) >= 11 is 0. The van der Waals surface area contributed by atoms with E-state index >= 15 is 0 Å². The monoisotopic (exact) mass is 400 g/mol. The Morgan fingerprint density at radius 1 is 1.14 bits per heavy atom. The smallest absolute Gasteiger partial charge is 0.319 e. The van der Waals surface area contributed by atoms with Crippen LogP contribution in [0.5, 0.6) is 0 Å². The first-order valence-corrected chi connectivity index (χ1v) is 10.8. The van der Waals surface area contributed by atoms with Crippen molar-refractivity contribution < 1.29 is 14.3 Å². The minimum atomic E-state index is -0.187. The second-order valence-electron chi connectivity index (χ2n) is 8.57. The molecule has 1 aromatic carbocycles. The number of benzene rings is 1. The minimum absolute atomic E-state index is 0.0225. The van der Waals surface area contributed by atoms with E-state index in [1.165, 1.54) is 26.3 Å². The highest BCUT2D eigenvalue weighted by Crippen LogP contribution is 2.36. The fourth-order valence-electron chi connectivity index (χ4n) is 4.96. The summed E-state index contributed by atoms with van der Waals surface area (Å²) in [5, 5.41) is 5.89. The fraction of sp³-hybridized carbons (Fsp3) is 0.636. The molecular formula is C22H32N4O3. The maximum absolute atomic E-state index is 12.3. The van der Waals surface area contributed by atoms with Crippen LogP contribution in [0.25, 0.3) is 0 Å². The molecule has 158 valence electrons. The average Bonchev–Trinajstić information content (AvgIpc) is 2.74. The Morgan fingerprint density at radius 3 is 2.55 bits per heavy atom. The quantitative estimate of drug-likeness (QED) is 0.715. The minimum Gasteiger partial charge on any atom is -0.379 e. The molecule has 4 aliphatic rings. The number of nitrogens with one attached hydrogen (secondary N) is 2. The van der Waals surface area contributed by atoms with Crippen LogP contribution in [0.4, 0.5) is 10.5 Å². The summed E-state index contributed by atoms with van der Waals surface area (Å²) in [6, 6.07) is 7.24. The third kappa shape index (κ3) is 5.15. The summed E-state index contributed by atoms with van der Waals surface area (Å²) in [5.74, 6) is 1.53. The van der Waals surface area contributed by atoms with Crippen molar-refractivity contribution in [2.75, 3.05) is 57.8 Å². The first kappa shape index (κ1) is 20.3. The van der Waals surface area contributed by atoms with Gasteiger partial charge in [-0.3, -0.25) is 14.6 Å². The topological polar surface area (TPSA) is 73.9 Å². The molecular weight excluding hydrogens is 368 g/mol. The van der Waals surface area contributed by atoms with Crippen LogP contribution in [0, 0.1) is 11.8 Å². The Morgan fingerprint density at radius 2 is 1.90 bits per heavy atom. The zero-order chi connectivity index (χ0) is 20.2. The summed E-state index contributed by atoms with van der Waals surface area (Å²) in [4.78, 5) is 28.7. The molecule has 2 N–H and O–H groups in total. The van der Waals surface area contributed by atoms with E-state index in [-0.39, 0.29) is 11.8 Å². The molecule has 4 fully saturated rings. The number of amides is 2. The summed E-state index contributed by atoms with van der Waals surface area (Å²) < 4.78 is 5.47. The summed E-state index contributed by atoms with van der Waals surface area (Å²) in [6.45, 7) is 9.52. The fourth-order valence-corrected chi connectivity index (χ4v) is 4.96. The lowest BCUT2D eigenvalue weighted by Gasteiger charge is -2.51. The Labute approximate surface area is 172 Å². The van der Waals surface area contributed by atoms with Crippen LogP contribution in [0.2, 0.25) is 0 Å². The molecule has 4 unspecified atom stereocenters. The Hall–Kier alpha value is -1.96. The number of carbonyl (C=O) groups excluding carboxylic acids is 2. The van der Waals surface area contributed by atoms with E-state index in [4.69, 9.17) is 4.74 Å². The van der Waals surface area contributed by atoms with Gasteiger partial charge in [0.25, 0.3) is 0 Å². The Balaban J connectivity index is 1.22. The van der Waals surface area contributed by atoms with E-state index in [1.54, 1.807) is 24.3 Å². The van der Waals surface area contributed by atoms with Crippen LogP contribution in [0.3, 0.4) is 0 Å². The molecule has 7 heteroatoms. The van der Waals surface area contributed by atoms with Gasteiger partial charge in [0.2, 0.25) is 0 Å².